The fourth-order valence-corrected chi connectivity index (χ4v) is 2.32. The lowest BCUT2D eigenvalue weighted by atomic mass is 9.98. The first-order valence-electron chi connectivity index (χ1n) is 4.24. The van der Waals surface area contributed by atoms with Crippen molar-refractivity contribution < 1.29 is 25.2 Å². The summed E-state index contributed by atoms with van der Waals surface area (Å²) in [6.07, 6.45) is -2.14. The highest BCUT2D eigenvalue weighted by molar-refractivity contribution is 5.34. The maximum atomic E-state index is 9.89. The van der Waals surface area contributed by atoms with E-state index in [1.807, 2.05) is 0 Å². The van der Waals surface area contributed by atoms with Gasteiger partial charge in [-0.2, -0.15) is 0 Å². The molecule has 4 atom stereocenters. The van der Waals surface area contributed by atoms with E-state index in [0.29, 0.717) is 0 Å². The summed E-state index contributed by atoms with van der Waals surface area (Å²) in [5, 5.41) is 38.0. The predicted molar refractivity (Wildman–Crippen MR) is 41.6 cm³/mol. The summed E-state index contributed by atoms with van der Waals surface area (Å²) in [7, 11) is 0. The van der Waals surface area contributed by atoms with Crippen molar-refractivity contribution in [1.82, 2.24) is 0 Å². The number of hydrogen-bond donors (Lipinski definition) is 4. The van der Waals surface area contributed by atoms with E-state index >= 15 is 0 Å². The standard InChI is InChI=1S/C8H14O5/c1-6(2)7(11)5(10)4(3-9)13-8(6,7)12/h4-5,9-12H,3H2,1-2H3/t4-,5+,7+,8?/m0/s1. The lowest BCUT2D eigenvalue weighted by Crippen LogP contribution is -2.41. The van der Waals surface area contributed by atoms with Crippen LogP contribution in [-0.4, -0.2) is 50.6 Å². The van der Waals surface area contributed by atoms with Crippen LogP contribution in [0.25, 0.3) is 0 Å². The molecule has 0 amide bonds. The minimum Gasteiger partial charge on any atom is -0.394 e. The molecular formula is C8H14O5. The molecule has 13 heavy (non-hydrogen) atoms. The second-order valence-corrected chi connectivity index (χ2v) is 4.32. The van der Waals surface area contributed by atoms with E-state index in [0.717, 1.165) is 0 Å². The first-order valence-corrected chi connectivity index (χ1v) is 4.24. The van der Waals surface area contributed by atoms with Crippen molar-refractivity contribution in [2.45, 2.75) is 37.4 Å². The van der Waals surface area contributed by atoms with Gasteiger partial charge in [0, 0.05) is 0 Å². The van der Waals surface area contributed by atoms with Gasteiger partial charge in [0.15, 0.2) is 5.60 Å². The van der Waals surface area contributed by atoms with E-state index in [1.54, 1.807) is 13.8 Å². The van der Waals surface area contributed by atoms with Crippen LogP contribution in [0.15, 0.2) is 0 Å². The predicted octanol–water partition coefficient (Wildman–Crippen LogP) is -1.80. The highest BCUT2D eigenvalue weighted by atomic mass is 16.7. The summed E-state index contributed by atoms with van der Waals surface area (Å²) in [4.78, 5) is 0. The fraction of sp³-hybridized carbons (Fsp3) is 1.00. The molecule has 4 N–H and O–H groups in total. The molecule has 1 unspecified atom stereocenters. The second-order valence-electron chi connectivity index (χ2n) is 4.32. The van der Waals surface area contributed by atoms with Gasteiger partial charge in [0.2, 0.25) is 5.79 Å². The average Bonchev–Trinajstić information content (AvgIpc) is 2.32. The number of fused-ring (bicyclic) bond motifs is 1. The minimum absolute atomic E-state index is 0.415. The van der Waals surface area contributed by atoms with Gasteiger partial charge in [0.05, 0.1) is 12.0 Å². The molecule has 1 saturated heterocycles. The minimum atomic E-state index is -1.72. The number of ether oxygens (including phenoxy) is 1. The molecule has 76 valence electrons. The van der Waals surface area contributed by atoms with E-state index in [9.17, 15) is 15.3 Å². The zero-order valence-corrected chi connectivity index (χ0v) is 7.56. The Labute approximate surface area is 75.6 Å². The van der Waals surface area contributed by atoms with E-state index in [1.165, 1.54) is 0 Å². The van der Waals surface area contributed by atoms with E-state index in [4.69, 9.17) is 9.84 Å². The number of hydrogen-bond acceptors (Lipinski definition) is 5. The largest absolute Gasteiger partial charge is 0.394 e. The van der Waals surface area contributed by atoms with Gasteiger partial charge in [-0.15, -0.1) is 0 Å². The van der Waals surface area contributed by atoms with Gasteiger partial charge in [-0.05, 0) is 0 Å². The SMILES string of the molecule is CC1(C)C2(O)O[C@@H](CO)[C@@H](O)[C@@]12O. The molecule has 0 aromatic rings. The molecule has 0 spiro atoms. The smallest absolute Gasteiger partial charge is 0.207 e. The quantitative estimate of drug-likeness (QED) is 0.391. The molecule has 5 nitrogen and oxygen atoms in total. The molecule has 0 aromatic carbocycles. The van der Waals surface area contributed by atoms with Crippen LogP contribution in [0.2, 0.25) is 0 Å². The van der Waals surface area contributed by atoms with Crippen molar-refractivity contribution in [3.63, 3.8) is 0 Å². The molecule has 2 fully saturated rings. The average molecular weight is 190 g/mol. The Morgan fingerprint density at radius 3 is 2.15 bits per heavy atom. The monoisotopic (exact) mass is 190 g/mol. The summed E-state index contributed by atoms with van der Waals surface area (Å²) in [6.45, 7) is 2.79. The zero-order chi connectivity index (χ0) is 10.1. The normalized spacial score (nSPS) is 57.7. The van der Waals surface area contributed by atoms with Crippen LogP contribution in [0, 0.1) is 5.41 Å². The van der Waals surface area contributed by atoms with Gasteiger partial charge in [0.1, 0.15) is 12.2 Å². The number of aliphatic hydroxyl groups excluding tert-OH is 2. The third kappa shape index (κ3) is 0.649. The van der Waals surface area contributed by atoms with Crippen LogP contribution >= 0.6 is 0 Å². The Kier molecular flexibility index (Phi) is 1.49. The summed E-state index contributed by atoms with van der Waals surface area (Å²) in [5.41, 5.74) is -2.53. The Morgan fingerprint density at radius 2 is 1.85 bits per heavy atom. The van der Waals surface area contributed by atoms with Crippen molar-refractivity contribution in [3.8, 4) is 0 Å². The molecule has 1 heterocycles. The van der Waals surface area contributed by atoms with Crippen LogP contribution < -0.4 is 0 Å². The van der Waals surface area contributed by atoms with Crippen LogP contribution in [0.1, 0.15) is 13.8 Å². The lowest BCUT2D eigenvalue weighted by Gasteiger charge is -2.23. The summed E-state index contributed by atoms with van der Waals surface area (Å²) >= 11 is 0. The Balaban J connectivity index is 2.32. The Hall–Kier alpha value is -0.200. The molecule has 1 aliphatic carbocycles. The summed E-state index contributed by atoms with van der Waals surface area (Å²) in [5.74, 6) is -1.72. The van der Waals surface area contributed by atoms with Gasteiger partial charge in [-0.25, -0.2) is 0 Å². The fourth-order valence-electron chi connectivity index (χ4n) is 2.32. The third-order valence-corrected chi connectivity index (χ3v) is 3.54. The molecule has 5 heteroatoms. The summed E-state index contributed by atoms with van der Waals surface area (Å²) in [6, 6.07) is 0. The maximum Gasteiger partial charge on any atom is 0.207 e. The van der Waals surface area contributed by atoms with E-state index in [2.05, 4.69) is 0 Å². The highest BCUT2D eigenvalue weighted by Gasteiger charge is 2.92. The lowest BCUT2D eigenvalue weighted by molar-refractivity contribution is -0.179. The molecule has 2 rings (SSSR count). The van der Waals surface area contributed by atoms with Crippen LogP contribution in [-0.2, 0) is 4.74 Å². The van der Waals surface area contributed by atoms with Crippen molar-refractivity contribution in [3.05, 3.63) is 0 Å². The molecule has 0 bridgehead atoms. The third-order valence-electron chi connectivity index (χ3n) is 3.54. The van der Waals surface area contributed by atoms with Gasteiger partial charge in [-0.1, -0.05) is 13.8 Å². The van der Waals surface area contributed by atoms with E-state index < -0.39 is 35.6 Å². The first kappa shape index (κ1) is 9.36. The topological polar surface area (TPSA) is 90.2 Å². The first-order chi connectivity index (χ1) is 5.83. The van der Waals surface area contributed by atoms with Gasteiger partial charge in [0.25, 0.3) is 0 Å². The van der Waals surface area contributed by atoms with E-state index in [-0.39, 0.29) is 0 Å². The summed E-state index contributed by atoms with van der Waals surface area (Å²) < 4.78 is 5.01. The van der Waals surface area contributed by atoms with Crippen molar-refractivity contribution >= 4 is 0 Å². The zero-order valence-electron chi connectivity index (χ0n) is 7.56. The van der Waals surface area contributed by atoms with Gasteiger partial charge in [-0.3, -0.25) is 0 Å². The molecule has 2 aliphatic rings. The van der Waals surface area contributed by atoms with Crippen LogP contribution in [0.5, 0.6) is 0 Å². The molecule has 1 saturated carbocycles. The van der Waals surface area contributed by atoms with Crippen molar-refractivity contribution in [1.29, 1.82) is 0 Å². The van der Waals surface area contributed by atoms with Crippen molar-refractivity contribution in [2.24, 2.45) is 5.41 Å². The van der Waals surface area contributed by atoms with Crippen molar-refractivity contribution in [2.75, 3.05) is 6.61 Å². The number of aliphatic hydroxyl groups is 4. The molecular weight excluding hydrogens is 176 g/mol. The maximum absolute atomic E-state index is 9.89. The van der Waals surface area contributed by atoms with Crippen LogP contribution in [0.4, 0.5) is 0 Å². The molecule has 0 radical (unpaired) electrons. The molecule has 0 aromatic heterocycles. The van der Waals surface area contributed by atoms with Crippen LogP contribution in [0.3, 0.4) is 0 Å². The molecule has 1 aliphatic heterocycles. The number of rotatable bonds is 1. The van der Waals surface area contributed by atoms with Gasteiger partial charge >= 0.3 is 0 Å². The Morgan fingerprint density at radius 1 is 1.31 bits per heavy atom. The highest BCUT2D eigenvalue weighted by Crippen LogP contribution is 2.71. The second kappa shape index (κ2) is 2.07. The Bertz CT molecular complexity index is 253. The van der Waals surface area contributed by atoms with Gasteiger partial charge < -0.3 is 25.2 Å².